The number of piperidine rings is 1. The zero-order valence-corrected chi connectivity index (χ0v) is 13.3. The summed E-state index contributed by atoms with van der Waals surface area (Å²) in [4.78, 5) is 25.6. The van der Waals surface area contributed by atoms with E-state index in [4.69, 9.17) is 9.47 Å². The lowest BCUT2D eigenvalue weighted by molar-refractivity contribution is -0.187. The first-order chi connectivity index (χ1) is 11.8. The molecule has 3 rings (SSSR count). The summed E-state index contributed by atoms with van der Waals surface area (Å²) in [5.41, 5.74) is -1.44. The van der Waals surface area contributed by atoms with E-state index in [9.17, 15) is 22.8 Å². The zero-order chi connectivity index (χ0) is 18.1. The average molecular weight is 358 g/mol. The standard InChI is InChI=1S/C16H17F3N2O4/c17-16(18,19)11-3-1-2-4-12(11)20-13(22)14(23)21-7-5-15(6-8-21)24-9-10-25-15/h1-4H,5-10H2,(H,20,22). The van der Waals surface area contributed by atoms with Gasteiger partial charge < -0.3 is 19.7 Å². The molecule has 2 aliphatic heterocycles. The van der Waals surface area contributed by atoms with Gasteiger partial charge in [0.15, 0.2) is 5.79 Å². The number of benzene rings is 1. The van der Waals surface area contributed by atoms with Gasteiger partial charge in [-0.3, -0.25) is 9.59 Å². The van der Waals surface area contributed by atoms with Crippen LogP contribution in [0.1, 0.15) is 18.4 Å². The lowest BCUT2D eigenvalue weighted by atomic mass is 10.0. The number of carbonyl (C=O) groups is 2. The molecule has 0 saturated carbocycles. The fourth-order valence-electron chi connectivity index (χ4n) is 2.99. The fourth-order valence-corrected chi connectivity index (χ4v) is 2.99. The molecule has 2 amide bonds. The van der Waals surface area contributed by atoms with Crippen molar-refractivity contribution in [3.63, 3.8) is 0 Å². The van der Waals surface area contributed by atoms with Gasteiger partial charge in [0.2, 0.25) is 0 Å². The molecule has 2 saturated heterocycles. The maximum absolute atomic E-state index is 12.9. The van der Waals surface area contributed by atoms with Gasteiger partial charge in [0, 0.05) is 25.9 Å². The van der Waals surface area contributed by atoms with Crippen molar-refractivity contribution in [3.05, 3.63) is 29.8 Å². The van der Waals surface area contributed by atoms with Crippen molar-refractivity contribution in [2.75, 3.05) is 31.6 Å². The minimum absolute atomic E-state index is 0.243. The van der Waals surface area contributed by atoms with Crippen LogP contribution in [-0.2, 0) is 25.2 Å². The number of halogens is 3. The van der Waals surface area contributed by atoms with Gasteiger partial charge in [-0.25, -0.2) is 0 Å². The maximum Gasteiger partial charge on any atom is 0.418 e. The topological polar surface area (TPSA) is 67.9 Å². The lowest BCUT2D eigenvalue weighted by Gasteiger charge is -2.37. The molecule has 0 unspecified atom stereocenters. The molecule has 0 bridgehead atoms. The van der Waals surface area contributed by atoms with Crippen LogP contribution in [0.4, 0.5) is 18.9 Å². The van der Waals surface area contributed by atoms with E-state index in [0.717, 1.165) is 12.1 Å². The summed E-state index contributed by atoms with van der Waals surface area (Å²) in [6.45, 7) is 1.46. The Hall–Kier alpha value is -2.13. The summed E-state index contributed by atoms with van der Waals surface area (Å²) in [7, 11) is 0. The molecule has 1 spiro atoms. The van der Waals surface area contributed by atoms with Crippen molar-refractivity contribution in [3.8, 4) is 0 Å². The molecule has 1 aromatic carbocycles. The predicted octanol–water partition coefficient (Wildman–Crippen LogP) is 2.01. The lowest BCUT2D eigenvalue weighted by Crippen LogP contribution is -2.50. The number of likely N-dealkylation sites (tertiary alicyclic amines) is 1. The van der Waals surface area contributed by atoms with Crippen LogP contribution in [0, 0.1) is 0 Å². The summed E-state index contributed by atoms with van der Waals surface area (Å²) in [5, 5.41) is 2.06. The van der Waals surface area contributed by atoms with Crippen LogP contribution < -0.4 is 5.32 Å². The van der Waals surface area contributed by atoms with Crippen molar-refractivity contribution in [1.82, 2.24) is 4.90 Å². The van der Waals surface area contributed by atoms with Crippen LogP contribution in [-0.4, -0.2) is 48.8 Å². The molecule has 1 aromatic rings. The highest BCUT2D eigenvalue weighted by atomic mass is 19.4. The Morgan fingerprint density at radius 2 is 1.68 bits per heavy atom. The van der Waals surface area contributed by atoms with E-state index in [2.05, 4.69) is 5.32 Å². The number of rotatable bonds is 1. The summed E-state index contributed by atoms with van der Waals surface area (Å²) < 4.78 is 49.9. The van der Waals surface area contributed by atoms with Gasteiger partial charge in [-0.15, -0.1) is 0 Å². The van der Waals surface area contributed by atoms with Gasteiger partial charge in [-0.2, -0.15) is 13.2 Å². The van der Waals surface area contributed by atoms with Crippen molar-refractivity contribution in [1.29, 1.82) is 0 Å². The van der Waals surface area contributed by atoms with Crippen LogP contribution in [0.25, 0.3) is 0 Å². The predicted molar refractivity (Wildman–Crippen MR) is 80.5 cm³/mol. The number of hydrogen-bond donors (Lipinski definition) is 1. The second kappa shape index (κ2) is 6.64. The number of nitrogens with one attached hydrogen (secondary N) is 1. The summed E-state index contributed by atoms with van der Waals surface area (Å²) in [5.74, 6) is -2.67. The minimum atomic E-state index is -4.62. The molecule has 2 heterocycles. The zero-order valence-electron chi connectivity index (χ0n) is 13.3. The number of para-hydroxylation sites is 1. The van der Waals surface area contributed by atoms with Crippen molar-refractivity contribution < 1.29 is 32.2 Å². The second-order valence-electron chi connectivity index (χ2n) is 5.90. The van der Waals surface area contributed by atoms with E-state index >= 15 is 0 Å². The number of carbonyl (C=O) groups excluding carboxylic acids is 2. The first kappa shape index (κ1) is 17.7. The van der Waals surface area contributed by atoms with Gasteiger partial charge in [-0.05, 0) is 12.1 Å². The molecule has 9 heteroatoms. The normalized spacial score (nSPS) is 19.9. The smallest absolute Gasteiger partial charge is 0.347 e. The van der Waals surface area contributed by atoms with E-state index in [1.807, 2.05) is 0 Å². The van der Waals surface area contributed by atoms with Gasteiger partial charge in [0.05, 0.1) is 24.5 Å². The molecule has 6 nitrogen and oxygen atoms in total. The Balaban J connectivity index is 1.63. The molecule has 0 atom stereocenters. The highest BCUT2D eigenvalue weighted by molar-refractivity contribution is 6.39. The molecule has 0 radical (unpaired) electrons. The van der Waals surface area contributed by atoms with Crippen LogP contribution in [0.15, 0.2) is 24.3 Å². The second-order valence-corrected chi connectivity index (χ2v) is 5.90. The number of alkyl halides is 3. The molecule has 25 heavy (non-hydrogen) atoms. The third kappa shape index (κ3) is 3.77. The van der Waals surface area contributed by atoms with Crippen LogP contribution in [0.2, 0.25) is 0 Å². The van der Waals surface area contributed by atoms with E-state index in [1.54, 1.807) is 0 Å². The molecule has 2 aliphatic rings. The van der Waals surface area contributed by atoms with Crippen molar-refractivity contribution >= 4 is 17.5 Å². The van der Waals surface area contributed by atoms with E-state index in [0.29, 0.717) is 26.1 Å². The van der Waals surface area contributed by atoms with Gasteiger partial charge in [-0.1, -0.05) is 12.1 Å². The molecule has 0 aliphatic carbocycles. The van der Waals surface area contributed by atoms with Crippen molar-refractivity contribution in [2.24, 2.45) is 0 Å². The van der Waals surface area contributed by atoms with Crippen LogP contribution in [0.3, 0.4) is 0 Å². The molecular weight excluding hydrogens is 341 g/mol. The quantitative estimate of drug-likeness (QED) is 0.780. The highest BCUT2D eigenvalue weighted by Gasteiger charge is 2.42. The summed E-state index contributed by atoms with van der Waals surface area (Å²) >= 11 is 0. The van der Waals surface area contributed by atoms with Gasteiger partial charge >= 0.3 is 18.0 Å². The number of anilines is 1. The summed E-state index contributed by atoms with van der Waals surface area (Å²) in [6, 6.07) is 4.53. The maximum atomic E-state index is 12.9. The molecule has 2 fully saturated rings. The third-order valence-corrected chi connectivity index (χ3v) is 4.30. The molecule has 0 aromatic heterocycles. The van der Waals surface area contributed by atoms with Crippen LogP contribution in [0.5, 0.6) is 0 Å². The number of ether oxygens (including phenoxy) is 2. The van der Waals surface area contributed by atoms with Crippen molar-refractivity contribution in [2.45, 2.75) is 24.8 Å². The number of hydrogen-bond acceptors (Lipinski definition) is 4. The Kier molecular flexibility index (Phi) is 4.70. The Morgan fingerprint density at radius 1 is 1.08 bits per heavy atom. The first-order valence-electron chi connectivity index (χ1n) is 7.85. The van der Waals surface area contributed by atoms with Crippen LogP contribution >= 0.6 is 0 Å². The van der Waals surface area contributed by atoms with E-state index in [-0.39, 0.29) is 13.1 Å². The van der Waals surface area contributed by atoms with E-state index < -0.39 is 35.0 Å². The highest BCUT2D eigenvalue weighted by Crippen LogP contribution is 2.35. The summed E-state index contributed by atoms with van der Waals surface area (Å²) in [6.07, 6.45) is -3.78. The Bertz CT molecular complexity index is 662. The molecule has 136 valence electrons. The van der Waals surface area contributed by atoms with Gasteiger partial charge in [0.1, 0.15) is 0 Å². The largest absolute Gasteiger partial charge is 0.418 e. The van der Waals surface area contributed by atoms with E-state index in [1.165, 1.54) is 17.0 Å². The fraction of sp³-hybridized carbons (Fsp3) is 0.500. The van der Waals surface area contributed by atoms with Gasteiger partial charge in [0.25, 0.3) is 0 Å². The third-order valence-electron chi connectivity index (χ3n) is 4.30. The molecule has 1 N–H and O–H groups in total. The Morgan fingerprint density at radius 3 is 2.28 bits per heavy atom. The first-order valence-corrected chi connectivity index (χ1v) is 7.85. The monoisotopic (exact) mass is 358 g/mol. The minimum Gasteiger partial charge on any atom is -0.347 e. The number of nitrogens with zero attached hydrogens (tertiary/aromatic N) is 1. The Labute approximate surface area is 141 Å². The SMILES string of the molecule is O=C(Nc1ccccc1C(F)(F)F)C(=O)N1CCC2(CC1)OCCO2. The number of amides is 2. The molecular formula is C16H17F3N2O4. The average Bonchev–Trinajstić information content (AvgIpc) is 3.02.